The molecule has 2 aromatic carbocycles. The van der Waals surface area contributed by atoms with Gasteiger partial charge in [-0.1, -0.05) is 36.4 Å². The average molecular weight is 506 g/mol. The Bertz CT molecular complexity index is 1380. The number of hydrogen-bond donors (Lipinski definition) is 0. The molecule has 4 aromatic rings. The molecule has 1 aliphatic rings. The number of thiophene rings is 1. The molecule has 0 saturated carbocycles. The van der Waals surface area contributed by atoms with Crippen molar-refractivity contribution >= 4 is 45.6 Å². The van der Waals surface area contributed by atoms with Crippen molar-refractivity contribution in [3.05, 3.63) is 76.6 Å². The fraction of sp³-hybridized carbons (Fsp3) is 0.259. The van der Waals surface area contributed by atoms with Crippen LogP contribution in [0.4, 0.5) is 0 Å². The van der Waals surface area contributed by atoms with Crippen LogP contribution in [0.3, 0.4) is 0 Å². The molecule has 35 heavy (non-hydrogen) atoms. The first-order valence-electron chi connectivity index (χ1n) is 11.5. The summed E-state index contributed by atoms with van der Waals surface area (Å²) in [5.74, 6) is 1.54. The minimum absolute atomic E-state index is 0.0373. The van der Waals surface area contributed by atoms with Gasteiger partial charge in [0.25, 0.3) is 5.91 Å². The van der Waals surface area contributed by atoms with Gasteiger partial charge in [-0.3, -0.25) is 4.79 Å². The predicted octanol–water partition coefficient (Wildman–Crippen LogP) is 6.21. The molecular weight excluding hydrogens is 478 g/mol. The number of hydrogen-bond acceptors (Lipinski definition) is 6. The molecule has 2 aromatic heterocycles. The fourth-order valence-electron chi connectivity index (χ4n) is 4.54. The summed E-state index contributed by atoms with van der Waals surface area (Å²) in [6.45, 7) is 3.01. The highest BCUT2D eigenvalue weighted by Gasteiger charge is 2.35. The van der Waals surface area contributed by atoms with Gasteiger partial charge in [0.2, 0.25) is 0 Å². The first-order valence-corrected chi connectivity index (χ1v) is 13.4. The number of aryl methyl sites for hydroxylation is 1. The van der Waals surface area contributed by atoms with Crippen molar-refractivity contribution in [3.8, 4) is 11.5 Å². The Kier molecular flexibility index (Phi) is 6.83. The van der Waals surface area contributed by atoms with E-state index in [9.17, 15) is 4.79 Å². The lowest BCUT2D eigenvalue weighted by Gasteiger charge is -2.24. The molecule has 0 spiro atoms. The van der Waals surface area contributed by atoms with Gasteiger partial charge in [0, 0.05) is 40.5 Å². The quantitative estimate of drug-likeness (QED) is 0.267. The number of fused-ring (bicyclic) bond motifs is 1. The molecular formula is C27H27N3O3S2. The number of benzene rings is 2. The summed E-state index contributed by atoms with van der Waals surface area (Å²) in [7, 11) is 3.25. The molecule has 0 saturated heterocycles. The van der Waals surface area contributed by atoms with Crippen LogP contribution in [0.25, 0.3) is 10.9 Å². The van der Waals surface area contributed by atoms with Crippen molar-refractivity contribution in [1.29, 1.82) is 0 Å². The number of aromatic nitrogens is 1. The van der Waals surface area contributed by atoms with Gasteiger partial charge in [0.1, 0.15) is 0 Å². The van der Waals surface area contributed by atoms with Gasteiger partial charge in [0.15, 0.2) is 11.5 Å². The van der Waals surface area contributed by atoms with Crippen molar-refractivity contribution < 1.29 is 14.3 Å². The Morgan fingerprint density at radius 3 is 2.71 bits per heavy atom. The Morgan fingerprint density at radius 1 is 1.11 bits per heavy atom. The van der Waals surface area contributed by atoms with Crippen LogP contribution >= 0.6 is 23.1 Å². The lowest BCUT2D eigenvalue weighted by Crippen LogP contribution is -2.28. The number of para-hydroxylation sites is 2. The van der Waals surface area contributed by atoms with Gasteiger partial charge in [-0.15, -0.1) is 23.1 Å². The first kappa shape index (κ1) is 23.5. The molecule has 0 aliphatic carbocycles. The van der Waals surface area contributed by atoms with Gasteiger partial charge in [-0.2, -0.15) is 5.10 Å². The van der Waals surface area contributed by atoms with E-state index < -0.39 is 0 Å². The van der Waals surface area contributed by atoms with E-state index in [1.54, 1.807) is 42.3 Å². The monoisotopic (exact) mass is 505 g/mol. The maximum absolute atomic E-state index is 13.6. The second-order valence-electron chi connectivity index (χ2n) is 8.15. The predicted molar refractivity (Wildman–Crippen MR) is 143 cm³/mol. The maximum atomic E-state index is 13.6. The van der Waals surface area contributed by atoms with Crippen LogP contribution in [-0.4, -0.2) is 41.2 Å². The van der Waals surface area contributed by atoms with Crippen molar-refractivity contribution in [1.82, 2.24) is 9.58 Å². The first-order chi connectivity index (χ1) is 17.1. The molecule has 0 radical (unpaired) electrons. The van der Waals surface area contributed by atoms with Crippen molar-refractivity contribution in [3.63, 3.8) is 0 Å². The standard InChI is InChI=1S/C27H27N3O3S2/c1-4-29-16-25(18-9-5-6-11-21(18)29)35-17-26(31)30-22(15-20(28-30)24-13-8-14-34-24)19-10-7-12-23(32-2)27(19)33-3/h5-14,16,22H,4,15,17H2,1-3H3/t22-/m0/s1. The lowest BCUT2D eigenvalue weighted by atomic mass is 9.99. The van der Waals surface area contributed by atoms with Crippen LogP contribution in [-0.2, 0) is 11.3 Å². The fourth-order valence-corrected chi connectivity index (χ4v) is 6.21. The van der Waals surface area contributed by atoms with Crippen LogP contribution in [0.2, 0.25) is 0 Å². The third-order valence-electron chi connectivity index (χ3n) is 6.21. The summed E-state index contributed by atoms with van der Waals surface area (Å²) >= 11 is 3.19. The Morgan fingerprint density at radius 2 is 1.97 bits per heavy atom. The molecule has 3 heterocycles. The number of amides is 1. The smallest absolute Gasteiger partial charge is 0.253 e. The Balaban J connectivity index is 1.45. The minimum atomic E-state index is -0.262. The highest BCUT2D eigenvalue weighted by atomic mass is 32.2. The third kappa shape index (κ3) is 4.44. The second-order valence-corrected chi connectivity index (χ2v) is 10.1. The summed E-state index contributed by atoms with van der Waals surface area (Å²) < 4.78 is 13.4. The molecule has 0 bridgehead atoms. The molecule has 0 N–H and O–H groups in total. The maximum Gasteiger partial charge on any atom is 0.253 e. The van der Waals surface area contributed by atoms with E-state index in [1.807, 2.05) is 47.8 Å². The average Bonchev–Trinajstić information content (AvgIpc) is 3.65. The van der Waals surface area contributed by atoms with Crippen molar-refractivity contribution in [2.45, 2.75) is 30.8 Å². The van der Waals surface area contributed by atoms with Crippen molar-refractivity contribution in [2.75, 3.05) is 20.0 Å². The van der Waals surface area contributed by atoms with Gasteiger partial charge in [0.05, 0.1) is 36.6 Å². The summed E-state index contributed by atoms with van der Waals surface area (Å²) in [6.07, 6.45) is 2.76. The van der Waals surface area contributed by atoms with Crippen LogP contribution in [0.5, 0.6) is 11.5 Å². The molecule has 1 aliphatic heterocycles. The molecule has 180 valence electrons. The lowest BCUT2D eigenvalue weighted by molar-refractivity contribution is -0.130. The summed E-state index contributed by atoms with van der Waals surface area (Å²) in [5, 5.41) is 9.65. The van der Waals surface area contributed by atoms with E-state index in [4.69, 9.17) is 14.6 Å². The van der Waals surface area contributed by atoms with Gasteiger partial charge in [-0.05, 0) is 30.5 Å². The summed E-state index contributed by atoms with van der Waals surface area (Å²) in [6, 6.07) is 17.9. The van der Waals surface area contributed by atoms with Gasteiger partial charge < -0.3 is 14.0 Å². The second kappa shape index (κ2) is 10.2. The number of ether oxygens (including phenoxy) is 2. The van der Waals surface area contributed by atoms with E-state index in [-0.39, 0.29) is 11.9 Å². The van der Waals surface area contributed by atoms with Crippen molar-refractivity contribution in [2.24, 2.45) is 5.10 Å². The van der Waals surface area contributed by atoms with E-state index in [0.29, 0.717) is 23.7 Å². The molecule has 5 rings (SSSR count). The normalized spacial score (nSPS) is 15.5. The Labute approximate surface area is 213 Å². The molecule has 1 amide bonds. The number of rotatable bonds is 8. The number of nitrogens with zero attached hydrogens (tertiary/aromatic N) is 3. The zero-order valence-corrected chi connectivity index (χ0v) is 21.6. The summed E-state index contributed by atoms with van der Waals surface area (Å²) in [4.78, 5) is 15.8. The molecule has 0 unspecified atom stereocenters. The van der Waals surface area contributed by atoms with Gasteiger partial charge in [-0.25, -0.2) is 5.01 Å². The van der Waals surface area contributed by atoms with Crippen LogP contribution in [0, 0.1) is 0 Å². The number of carbonyl (C=O) groups is 1. The van der Waals surface area contributed by atoms with Crippen LogP contribution < -0.4 is 9.47 Å². The van der Waals surface area contributed by atoms with E-state index in [1.165, 1.54) is 10.9 Å². The topological polar surface area (TPSA) is 56.1 Å². The minimum Gasteiger partial charge on any atom is -0.493 e. The third-order valence-corrected chi connectivity index (χ3v) is 8.15. The summed E-state index contributed by atoms with van der Waals surface area (Å²) in [5.41, 5.74) is 2.99. The van der Waals surface area contributed by atoms with E-state index in [2.05, 4.69) is 29.8 Å². The zero-order chi connectivity index (χ0) is 24.4. The molecule has 0 fully saturated rings. The Hall–Kier alpha value is -3.23. The number of hydrazone groups is 1. The van der Waals surface area contributed by atoms with E-state index >= 15 is 0 Å². The highest BCUT2D eigenvalue weighted by molar-refractivity contribution is 8.00. The number of carbonyl (C=O) groups excluding carboxylic acids is 1. The molecule has 6 nitrogen and oxygen atoms in total. The highest BCUT2D eigenvalue weighted by Crippen LogP contribution is 2.42. The molecule has 1 atom stereocenters. The van der Waals surface area contributed by atoms with Gasteiger partial charge >= 0.3 is 0 Å². The number of thioether (sulfide) groups is 1. The molecule has 8 heteroatoms. The zero-order valence-electron chi connectivity index (χ0n) is 19.9. The van der Waals surface area contributed by atoms with Crippen LogP contribution in [0.15, 0.2) is 76.2 Å². The van der Waals surface area contributed by atoms with Crippen LogP contribution in [0.1, 0.15) is 29.8 Å². The number of methoxy groups -OCH3 is 2. The largest absolute Gasteiger partial charge is 0.493 e. The SMILES string of the molecule is CCn1cc(SCC(=O)N2N=C(c3cccs3)C[C@H]2c2cccc(OC)c2OC)c2ccccc21. The van der Waals surface area contributed by atoms with E-state index in [0.717, 1.165) is 27.6 Å².